The lowest BCUT2D eigenvalue weighted by Crippen LogP contribution is -2.40. The number of hydrogen-bond donors (Lipinski definition) is 0. The zero-order valence-corrected chi connectivity index (χ0v) is 17.8. The first-order chi connectivity index (χ1) is 13.3. The normalized spacial score (nSPS) is 18.1. The molecule has 0 N–H and O–H groups in total. The molecule has 0 radical (unpaired) electrons. The van der Waals surface area contributed by atoms with Gasteiger partial charge in [0.1, 0.15) is 5.82 Å². The molecule has 1 fully saturated rings. The van der Waals surface area contributed by atoms with Crippen molar-refractivity contribution >= 4 is 34.2 Å². The van der Waals surface area contributed by atoms with Crippen LogP contribution in [0, 0.1) is 5.92 Å². The summed E-state index contributed by atoms with van der Waals surface area (Å²) in [6.07, 6.45) is 2.30. The highest BCUT2D eigenvalue weighted by Gasteiger charge is 2.26. The summed E-state index contributed by atoms with van der Waals surface area (Å²) in [6, 6.07) is 8.01. The highest BCUT2D eigenvalue weighted by atomic mass is 32.2. The molecular formula is C21H27N5OS. The van der Waals surface area contributed by atoms with Gasteiger partial charge in [0.2, 0.25) is 5.91 Å². The van der Waals surface area contributed by atoms with Gasteiger partial charge in [-0.1, -0.05) is 51.6 Å². The van der Waals surface area contributed by atoms with Crippen molar-refractivity contribution in [2.75, 3.05) is 18.8 Å². The number of likely N-dealkylation sites (tertiary alicyclic amines) is 1. The number of para-hydroxylation sites is 1. The summed E-state index contributed by atoms with van der Waals surface area (Å²) in [6.45, 7) is 10.4. The molecule has 2 aromatic heterocycles. The third kappa shape index (κ3) is 3.60. The largest absolute Gasteiger partial charge is 0.342 e. The molecule has 7 heteroatoms. The second kappa shape index (κ2) is 7.35. The van der Waals surface area contributed by atoms with Gasteiger partial charge in [-0.2, -0.15) is 0 Å². The first kappa shape index (κ1) is 19.2. The molecular weight excluding hydrogens is 370 g/mol. The van der Waals surface area contributed by atoms with Crippen molar-refractivity contribution in [3.63, 3.8) is 0 Å². The fraction of sp³-hybridized carbons (Fsp3) is 0.524. The summed E-state index contributed by atoms with van der Waals surface area (Å²) in [4.78, 5) is 19.6. The Hall–Kier alpha value is -2.15. The van der Waals surface area contributed by atoms with Gasteiger partial charge in [-0.3, -0.25) is 9.20 Å². The van der Waals surface area contributed by atoms with E-state index < -0.39 is 0 Å². The number of aromatic nitrogens is 4. The first-order valence-electron chi connectivity index (χ1n) is 9.89. The van der Waals surface area contributed by atoms with E-state index in [9.17, 15) is 4.79 Å². The number of nitrogens with zero attached hydrogens (tertiary/aromatic N) is 5. The van der Waals surface area contributed by atoms with Crippen LogP contribution in [0.15, 0.2) is 29.4 Å². The smallest absolute Gasteiger partial charge is 0.233 e. The zero-order chi connectivity index (χ0) is 19.9. The molecule has 3 aromatic rings. The summed E-state index contributed by atoms with van der Waals surface area (Å²) in [5.41, 5.74) is 1.55. The fourth-order valence-corrected chi connectivity index (χ4v) is 4.63. The molecule has 0 spiro atoms. The van der Waals surface area contributed by atoms with Crippen LogP contribution in [0.4, 0.5) is 0 Å². The zero-order valence-electron chi connectivity index (χ0n) is 17.0. The standard InChI is InChI=1S/C21H27N5OS/c1-14-8-7-11-25(12-14)17(27)13-28-20-24-23-18-15-9-5-6-10-16(15)22-19(26(18)20)21(2,3)4/h5-6,9-10,14H,7-8,11-13H2,1-4H3/t14-/m0/s1. The monoisotopic (exact) mass is 397 g/mol. The van der Waals surface area contributed by atoms with Crippen molar-refractivity contribution in [1.29, 1.82) is 0 Å². The van der Waals surface area contributed by atoms with E-state index in [0.29, 0.717) is 11.7 Å². The molecule has 0 aliphatic carbocycles. The number of benzene rings is 1. The van der Waals surface area contributed by atoms with Crippen molar-refractivity contribution < 1.29 is 4.79 Å². The van der Waals surface area contributed by atoms with Gasteiger partial charge in [-0.25, -0.2) is 4.98 Å². The number of rotatable bonds is 3. The number of carbonyl (C=O) groups excluding carboxylic acids is 1. The van der Waals surface area contributed by atoms with Crippen molar-refractivity contribution in [3.05, 3.63) is 30.1 Å². The van der Waals surface area contributed by atoms with Crippen molar-refractivity contribution in [3.8, 4) is 0 Å². The van der Waals surface area contributed by atoms with Gasteiger partial charge in [0.05, 0.1) is 11.3 Å². The maximum absolute atomic E-state index is 12.7. The van der Waals surface area contributed by atoms with E-state index in [2.05, 4.69) is 37.9 Å². The molecule has 4 rings (SSSR count). The Balaban J connectivity index is 1.68. The van der Waals surface area contributed by atoms with Crippen LogP contribution < -0.4 is 0 Å². The minimum Gasteiger partial charge on any atom is -0.342 e. The van der Waals surface area contributed by atoms with Crippen LogP contribution in [0.5, 0.6) is 0 Å². The van der Waals surface area contributed by atoms with Crippen LogP contribution >= 0.6 is 11.8 Å². The molecule has 3 heterocycles. The van der Waals surface area contributed by atoms with Gasteiger partial charge in [0.15, 0.2) is 10.8 Å². The predicted octanol–water partition coefficient (Wildman–Crippen LogP) is 3.93. The van der Waals surface area contributed by atoms with Crippen LogP contribution in [0.2, 0.25) is 0 Å². The molecule has 148 valence electrons. The Labute approximate surface area is 169 Å². The van der Waals surface area contributed by atoms with Gasteiger partial charge in [-0.05, 0) is 30.9 Å². The lowest BCUT2D eigenvalue weighted by atomic mass is 9.95. The second-order valence-corrected chi connectivity index (χ2v) is 9.66. The molecule has 1 aliphatic heterocycles. The number of fused-ring (bicyclic) bond motifs is 3. The van der Waals surface area contributed by atoms with E-state index in [1.54, 1.807) is 0 Å². The molecule has 6 nitrogen and oxygen atoms in total. The SMILES string of the molecule is C[C@H]1CCCN(C(=O)CSc2nnc3c4ccccc4nc(C(C)(C)C)n23)C1. The highest BCUT2D eigenvalue weighted by Crippen LogP contribution is 2.30. The Morgan fingerprint density at radius 3 is 2.79 bits per heavy atom. The van der Waals surface area contributed by atoms with Gasteiger partial charge < -0.3 is 4.90 Å². The van der Waals surface area contributed by atoms with Crippen LogP contribution in [-0.4, -0.2) is 49.2 Å². The average Bonchev–Trinajstić information content (AvgIpc) is 3.09. The minimum absolute atomic E-state index is 0.174. The maximum Gasteiger partial charge on any atom is 0.233 e. The van der Waals surface area contributed by atoms with Gasteiger partial charge in [0.25, 0.3) is 0 Å². The minimum atomic E-state index is -0.174. The predicted molar refractivity (Wildman–Crippen MR) is 113 cm³/mol. The summed E-state index contributed by atoms with van der Waals surface area (Å²) in [5.74, 6) is 2.05. The molecule has 1 atom stereocenters. The van der Waals surface area contributed by atoms with Gasteiger partial charge >= 0.3 is 0 Å². The van der Waals surface area contributed by atoms with Crippen LogP contribution in [0.1, 0.15) is 46.4 Å². The molecule has 1 saturated heterocycles. The number of thioether (sulfide) groups is 1. The van der Waals surface area contributed by atoms with Crippen molar-refractivity contribution in [2.45, 2.75) is 51.1 Å². The summed E-state index contributed by atoms with van der Waals surface area (Å²) in [7, 11) is 0. The van der Waals surface area contributed by atoms with Crippen molar-refractivity contribution in [2.24, 2.45) is 5.92 Å². The van der Waals surface area contributed by atoms with Crippen LogP contribution in [0.25, 0.3) is 16.6 Å². The second-order valence-electron chi connectivity index (χ2n) is 8.72. The van der Waals surface area contributed by atoms with E-state index in [1.165, 1.54) is 18.2 Å². The van der Waals surface area contributed by atoms with Gasteiger partial charge in [-0.15, -0.1) is 10.2 Å². The van der Waals surface area contributed by atoms with Crippen LogP contribution in [0.3, 0.4) is 0 Å². The Morgan fingerprint density at radius 2 is 2.04 bits per heavy atom. The third-order valence-electron chi connectivity index (χ3n) is 5.22. The summed E-state index contributed by atoms with van der Waals surface area (Å²) < 4.78 is 2.03. The van der Waals surface area contributed by atoms with E-state index >= 15 is 0 Å². The van der Waals surface area contributed by atoms with E-state index in [0.717, 1.165) is 47.0 Å². The number of hydrogen-bond acceptors (Lipinski definition) is 5. The summed E-state index contributed by atoms with van der Waals surface area (Å²) >= 11 is 1.46. The average molecular weight is 398 g/mol. The molecule has 0 bridgehead atoms. The van der Waals surface area contributed by atoms with E-state index in [4.69, 9.17) is 4.98 Å². The van der Waals surface area contributed by atoms with Crippen molar-refractivity contribution in [1.82, 2.24) is 24.5 Å². The van der Waals surface area contributed by atoms with Crippen LogP contribution in [-0.2, 0) is 10.2 Å². The summed E-state index contributed by atoms with van der Waals surface area (Å²) in [5, 5.41) is 10.6. The Morgan fingerprint density at radius 1 is 1.25 bits per heavy atom. The number of carbonyl (C=O) groups is 1. The Bertz CT molecular complexity index is 1020. The molecule has 28 heavy (non-hydrogen) atoms. The molecule has 0 saturated carbocycles. The topological polar surface area (TPSA) is 63.4 Å². The van der Waals surface area contributed by atoms with E-state index in [1.807, 2.05) is 33.6 Å². The van der Waals surface area contributed by atoms with E-state index in [-0.39, 0.29) is 11.3 Å². The lowest BCUT2D eigenvalue weighted by molar-refractivity contribution is -0.130. The lowest BCUT2D eigenvalue weighted by Gasteiger charge is -2.30. The Kier molecular flexibility index (Phi) is 5.04. The molecule has 1 aliphatic rings. The molecule has 1 amide bonds. The number of piperidine rings is 1. The quantitative estimate of drug-likeness (QED) is 0.627. The maximum atomic E-state index is 12.7. The molecule has 1 aromatic carbocycles. The van der Waals surface area contributed by atoms with Gasteiger partial charge in [0, 0.05) is 23.9 Å². The third-order valence-corrected chi connectivity index (χ3v) is 6.14. The first-order valence-corrected chi connectivity index (χ1v) is 10.9. The molecule has 0 unspecified atom stereocenters. The number of amides is 1. The fourth-order valence-electron chi connectivity index (χ4n) is 3.79. The highest BCUT2D eigenvalue weighted by molar-refractivity contribution is 7.99.